The van der Waals surface area contributed by atoms with Crippen LogP contribution in [0.2, 0.25) is 0 Å². The molecule has 0 spiro atoms. The Morgan fingerprint density at radius 3 is 2.53 bits per heavy atom. The third-order valence-corrected chi connectivity index (χ3v) is 5.34. The average molecular weight is 532 g/mol. The second-order valence-corrected chi connectivity index (χ2v) is 8.51. The van der Waals surface area contributed by atoms with Gasteiger partial charge in [-0.3, -0.25) is 14.3 Å². The molecule has 3 aromatic rings. The highest BCUT2D eigenvalue weighted by Crippen LogP contribution is 2.40. The molecule has 0 saturated carbocycles. The average Bonchev–Trinajstić information content (AvgIpc) is 3.06. The fourth-order valence-corrected chi connectivity index (χ4v) is 3.61. The first-order valence-corrected chi connectivity index (χ1v) is 11.0. The largest absolute Gasteiger partial charge is 0.493 e. The normalized spacial score (nSPS) is 12.0. The molecule has 1 aromatic heterocycles. The van der Waals surface area contributed by atoms with Gasteiger partial charge in [-0.2, -0.15) is 0 Å². The number of amides is 1. The van der Waals surface area contributed by atoms with Gasteiger partial charge in [-0.25, -0.2) is 0 Å². The molecule has 3 rings (SSSR count). The summed E-state index contributed by atoms with van der Waals surface area (Å²) in [6.45, 7) is 1.76. The highest BCUT2D eigenvalue weighted by Gasteiger charge is 2.18. The van der Waals surface area contributed by atoms with Gasteiger partial charge < -0.3 is 19.4 Å². The number of hydrogen-bond acceptors (Lipinski definition) is 8. The molecular weight excluding hydrogens is 506 g/mol. The topological polar surface area (TPSA) is 110 Å². The number of oxime groups is 1. The predicted molar refractivity (Wildman–Crippen MR) is 132 cm³/mol. The van der Waals surface area contributed by atoms with E-state index in [2.05, 4.69) is 31.3 Å². The molecule has 0 fully saturated rings. The Morgan fingerprint density at radius 1 is 1.12 bits per heavy atom. The maximum Gasteiger partial charge on any atom is 0.304 e. The number of azo groups is 1. The van der Waals surface area contributed by atoms with Gasteiger partial charge in [0, 0.05) is 15.4 Å². The smallest absolute Gasteiger partial charge is 0.304 e. The first-order valence-electron chi connectivity index (χ1n) is 10.2. The van der Waals surface area contributed by atoms with Crippen molar-refractivity contribution in [1.82, 2.24) is 9.47 Å². The van der Waals surface area contributed by atoms with E-state index in [1.165, 1.54) is 0 Å². The molecule has 10 nitrogen and oxygen atoms in total. The van der Waals surface area contributed by atoms with Crippen LogP contribution in [0.5, 0.6) is 17.4 Å². The zero-order valence-electron chi connectivity index (χ0n) is 19.6. The minimum atomic E-state index is -0.647. The number of ether oxygens (including phenoxy) is 2. The summed E-state index contributed by atoms with van der Waals surface area (Å²) >= 11 is 3.43. The fraction of sp³-hybridized carbons (Fsp3) is 0.304. The number of nitrogens with zero attached hydrogens (tertiary/aromatic N) is 5. The molecule has 0 atom stereocenters. The summed E-state index contributed by atoms with van der Waals surface area (Å²) in [5.41, 5.74) is 2.26. The van der Waals surface area contributed by atoms with Gasteiger partial charge in [0.1, 0.15) is 0 Å². The standard InChI is InChI=1S/C23H26BrN5O5/c1-14(15-6-9-19(32-4)20(10-15)33-5)27-34-12-21(30)25-26-22-17-11-16(24)7-8-18(17)29(23(22)31)13-28(2)3/h6-11,31H,12-13H2,1-5H3. The van der Waals surface area contributed by atoms with Gasteiger partial charge >= 0.3 is 5.91 Å². The highest BCUT2D eigenvalue weighted by molar-refractivity contribution is 9.10. The van der Waals surface area contributed by atoms with Crippen LogP contribution in [0.3, 0.4) is 0 Å². The molecule has 0 aliphatic carbocycles. The Balaban J connectivity index is 1.73. The summed E-state index contributed by atoms with van der Waals surface area (Å²) in [4.78, 5) is 19.3. The van der Waals surface area contributed by atoms with Crippen molar-refractivity contribution in [2.75, 3.05) is 34.9 Å². The van der Waals surface area contributed by atoms with Gasteiger partial charge in [-0.1, -0.05) is 21.1 Å². The molecule has 11 heteroatoms. The van der Waals surface area contributed by atoms with Crippen LogP contribution in [0, 0.1) is 0 Å². The number of carbonyl (C=O) groups is 1. The molecular formula is C23H26BrN5O5. The number of fused-ring (bicyclic) bond motifs is 1. The Labute approximate surface area is 205 Å². The third-order valence-electron chi connectivity index (χ3n) is 4.85. The maximum absolute atomic E-state index is 12.2. The minimum Gasteiger partial charge on any atom is -0.493 e. The lowest BCUT2D eigenvalue weighted by Crippen LogP contribution is -2.16. The molecule has 0 unspecified atom stereocenters. The van der Waals surface area contributed by atoms with E-state index in [1.54, 1.807) is 43.9 Å². The summed E-state index contributed by atoms with van der Waals surface area (Å²) in [5, 5.41) is 23.0. The lowest BCUT2D eigenvalue weighted by molar-refractivity contribution is -0.122. The van der Waals surface area contributed by atoms with E-state index in [0.29, 0.717) is 29.3 Å². The van der Waals surface area contributed by atoms with E-state index in [-0.39, 0.29) is 11.6 Å². The number of carbonyl (C=O) groups excluding carboxylic acids is 1. The zero-order chi connectivity index (χ0) is 24.8. The monoisotopic (exact) mass is 531 g/mol. The van der Waals surface area contributed by atoms with E-state index in [1.807, 2.05) is 37.2 Å². The summed E-state index contributed by atoms with van der Waals surface area (Å²) in [7, 11) is 6.87. The minimum absolute atomic E-state index is 0.0819. The highest BCUT2D eigenvalue weighted by atomic mass is 79.9. The number of benzene rings is 2. The summed E-state index contributed by atoms with van der Waals surface area (Å²) in [6.07, 6.45) is 0. The second kappa shape index (κ2) is 11.1. The molecule has 0 radical (unpaired) electrons. The van der Waals surface area contributed by atoms with E-state index >= 15 is 0 Å². The van der Waals surface area contributed by atoms with E-state index in [9.17, 15) is 9.90 Å². The van der Waals surface area contributed by atoms with Crippen LogP contribution < -0.4 is 9.47 Å². The fourth-order valence-electron chi connectivity index (χ4n) is 3.25. The van der Waals surface area contributed by atoms with Crippen LogP contribution in [0.1, 0.15) is 12.5 Å². The predicted octanol–water partition coefficient (Wildman–Crippen LogP) is 4.70. The van der Waals surface area contributed by atoms with Crippen LogP contribution >= 0.6 is 15.9 Å². The molecule has 0 bridgehead atoms. The van der Waals surface area contributed by atoms with Crippen molar-refractivity contribution in [1.29, 1.82) is 0 Å². The number of aromatic hydroxyl groups is 1. The van der Waals surface area contributed by atoms with E-state index in [4.69, 9.17) is 14.3 Å². The van der Waals surface area contributed by atoms with Gasteiger partial charge in [-0.15, -0.1) is 10.2 Å². The number of hydrogen-bond donors (Lipinski definition) is 1. The molecule has 180 valence electrons. The van der Waals surface area contributed by atoms with Crippen molar-refractivity contribution in [2.45, 2.75) is 13.6 Å². The van der Waals surface area contributed by atoms with Gasteiger partial charge in [0.2, 0.25) is 5.88 Å². The number of methoxy groups -OCH3 is 2. The van der Waals surface area contributed by atoms with Crippen LogP contribution in [0.15, 0.2) is 56.3 Å². The Bertz CT molecular complexity index is 1250. The number of aromatic nitrogens is 1. The van der Waals surface area contributed by atoms with Crippen molar-refractivity contribution in [3.8, 4) is 17.4 Å². The van der Waals surface area contributed by atoms with Gasteiger partial charge in [0.15, 0.2) is 23.8 Å². The molecule has 1 heterocycles. The van der Waals surface area contributed by atoms with Crippen molar-refractivity contribution in [3.63, 3.8) is 0 Å². The van der Waals surface area contributed by atoms with Crippen molar-refractivity contribution in [2.24, 2.45) is 15.4 Å². The van der Waals surface area contributed by atoms with Gasteiger partial charge in [0.25, 0.3) is 0 Å². The molecule has 0 aliphatic heterocycles. The quantitative estimate of drug-likeness (QED) is 0.243. The van der Waals surface area contributed by atoms with Gasteiger partial charge in [0.05, 0.1) is 32.1 Å². The van der Waals surface area contributed by atoms with Crippen LogP contribution in [0.25, 0.3) is 10.9 Å². The first kappa shape index (κ1) is 25.2. The second-order valence-electron chi connectivity index (χ2n) is 7.60. The molecule has 1 N–H and O–H groups in total. The zero-order valence-corrected chi connectivity index (χ0v) is 21.2. The number of halogens is 1. The third kappa shape index (κ3) is 5.72. The molecule has 0 aliphatic rings. The SMILES string of the molecule is COc1ccc(C(C)=NOCC(=O)N=Nc2c(O)n(CN(C)C)c3ccc(Br)cc23)cc1OC. The van der Waals surface area contributed by atoms with E-state index in [0.717, 1.165) is 15.6 Å². The van der Waals surface area contributed by atoms with E-state index < -0.39 is 12.5 Å². The maximum atomic E-state index is 12.2. The van der Waals surface area contributed by atoms with Crippen molar-refractivity contribution >= 4 is 44.1 Å². The van der Waals surface area contributed by atoms with Crippen LogP contribution in [-0.4, -0.2) is 61.1 Å². The van der Waals surface area contributed by atoms with Crippen LogP contribution in [0.4, 0.5) is 5.69 Å². The summed E-state index contributed by atoms with van der Waals surface area (Å²) in [6, 6.07) is 10.9. The van der Waals surface area contributed by atoms with Crippen molar-refractivity contribution in [3.05, 3.63) is 46.4 Å². The Morgan fingerprint density at radius 2 is 1.85 bits per heavy atom. The van der Waals surface area contributed by atoms with Crippen molar-refractivity contribution < 1.29 is 24.2 Å². The van der Waals surface area contributed by atoms with Crippen LogP contribution in [-0.2, 0) is 16.3 Å². The summed E-state index contributed by atoms with van der Waals surface area (Å²) < 4.78 is 13.0. The Kier molecular flexibility index (Phi) is 8.24. The molecule has 0 saturated heterocycles. The molecule has 1 amide bonds. The summed E-state index contributed by atoms with van der Waals surface area (Å²) in [5.74, 6) is 0.422. The first-order chi connectivity index (χ1) is 16.2. The lowest BCUT2D eigenvalue weighted by atomic mass is 10.1. The van der Waals surface area contributed by atoms with Gasteiger partial charge in [-0.05, 0) is 57.4 Å². The number of rotatable bonds is 9. The Hall–Kier alpha value is -3.44. The molecule has 34 heavy (non-hydrogen) atoms. The lowest BCUT2D eigenvalue weighted by Gasteiger charge is -2.13. The molecule has 2 aromatic carbocycles.